The average molecular weight is 438 g/mol. The maximum Gasteiger partial charge on any atom is 0.233 e. The zero-order chi connectivity index (χ0) is 21.8. The lowest BCUT2D eigenvalue weighted by molar-refractivity contribution is -0.130. The number of amides is 1. The molecule has 3 heterocycles. The van der Waals surface area contributed by atoms with Gasteiger partial charge in [0.15, 0.2) is 11.0 Å². The molecule has 2 atom stereocenters. The highest BCUT2D eigenvalue weighted by Gasteiger charge is 2.26. The quantitative estimate of drug-likeness (QED) is 0.544. The van der Waals surface area contributed by atoms with Crippen LogP contribution in [0.3, 0.4) is 0 Å². The van der Waals surface area contributed by atoms with E-state index in [1.54, 1.807) is 19.5 Å². The largest absolute Gasteiger partial charge is 0.497 e. The number of rotatable bonds is 6. The third-order valence-electron chi connectivity index (χ3n) is 5.45. The highest BCUT2D eigenvalue weighted by atomic mass is 32.2. The van der Waals surface area contributed by atoms with Crippen molar-refractivity contribution in [3.05, 3.63) is 48.8 Å². The fourth-order valence-electron chi connectivity index (χ4n) is 4.10. The first-order valence-electron chi connectivity index (χ1n) is 10.5. The van der Waals surface area contributed by atoms with Gasteiger partial charge in [0.05, 0.1) is 12.9 Å². The summed E-state index contributed by atoms with van der Waals surface area (Å²) in [4.78, 5) is 19.0. The number of hydrogen-bond donors (Lipinski definition) is 0. The number of likely N-dealkylation sites (tertiary alicyclic amines) is 1. The maximum atomic E-state index is 12.9. The second kappa shape index (κ2) is 9.51. The summed E-state index contributed by atoms with van der Waals surface area (Å²) >= 11 is 1.42. The van der Waals surface area contributed by atoms with Gasteiger partial charge in [-0.1, -0.05) is 25.6 Å². The van der Waals surface area contributed by atoms with Crippen LogP contribution in [-0.2, 0) is 4.79 Å². The lowest BCUT2D eigenvalue weighted by Crippen LogP contribution is -2.43. The van der Waals surface area contributed by atoms with Crippen LogP contribution >= 0.6 is 11.8 Å². The van der Waals surface area contributed by atoms with Crippen molar-refractivity contribution in [1.29, 1.82) is 0 Å². The molecule has 0 spiro atoms. The second-order valence-corrected chi connectivity index (χ2v) is 9.05. The van der Waals surface area contributed by atoms with Gasteiger partial charge in [0, 0.05) is 36.7 Å². The van der Waals surface area contributed by atoms with E-state index in [2.05, 4.69) is 29.0 Å². The van der Waals surface area contributed by atoms with Gasteiger partial charge in [0.1, 0.15) is 5.75 Å². The van der Waals surface area contributed by atoms with Crippen LogP contribution in [0.2, 0.25) is 0 Å². The summed E-state index contributed by atoms with van der Waals surface area (Å²) in [6.07, 6.45) is 4.65. The maximum absolute atomic E-state index is 12.9. The van der Waals surface area contributed by atoms with Crippen molar-refractivity contribution >= 4 is 17.7 Å². The first-order chi connectivity index (χ1) is 15.0. The Bertz CT molecular complexity index is 1010. The van der Waals surface area contributed by atoms with E-state index in [1.165, 1.54) is 18.2 Å². The van der Waals surface area contributed by atoms with E-state index < -0.39 is 0 Å². The molecule has 2 unspecified atom stereocenters. The molecule has 162 valence electrons. The molecule has 0 N–H and O–H groups in total. The summed E-state index contributed by atoms with van der Waals surface area (Å²) in [6, 6.07) is 11.5. The number of hydrogen-bond acceptors (Lipinski definition) is 6. The second-order valence-electron chi connectivity index (χ2n) is 8.11. The Kier molecular flexibility index (Phi) is 6.56. The molecule has 1 saturated heterocycles. The minimum absolute atomic E-state index is 0.151. The Hall–Kier alpha value is -2.87. The smallest absolute Gasteiger partial charge is 0.233 e. The van der Waals surface area contributed by atoms with Crippen LogP contribution in [0, 0.1) is 11.8 Å². The Morgan fingerprint density at radius 3 is 2.39 bits per heavy atom. The van der Waals surface area contributed by atoms with Crippen LogP contribution in [0.5, 0.6) is 5.75 Å². The van der Waals surface area contributed by atoms with Gasteiger partial charge in [-0.3, -0.25) is 14.3 Å². The molecule has 1 amide bonds. The standard InChI is InChI=1S/C23H27N5O2S/c1-16-12-17(2)14-27(13-16)21(29)15-31-23-26-25-22(18-8-10-24-11-9-18)28(23)19-4-6-20(30-3)7-5-19/h4-11,16-17H,12-15H2,1-3H3. The van der Waals surface area contributed by atoms with Crippen molar-refractivity contribution in [2.45, 2.75) is 25.4 Å². The molecule has 0 aliphatic carbocycles. The van der Waals surface area contributed by atoms with Crippen molar-refractivity contribution in [3.63, 3.8) is 0 Å². The van der Waals surface area contributed by atoms with Crippen molar-refractivity contribution in [1.82, 2.24) is 24.6 Å². The monoisotopic (exact) mass is 437 g/mol. The molecule has 0 radical (unpaired) electrons. The lowest BCUT2D eigenvalue weighted by atomic mass is 9.92. The SMILES string of the molecule is COc1ccc(-n2c(SCC(=O)N3CC(C)CC(C)C3)nnc2-c2ccncc2)cc1. The fourth-order valence-corrected chi connectivity index (χ4v) is 4.95. The van der Waals surface area contributed by atoms with Gasteiger partial charge in [-0.05, 0) is 54.7 Å². The Morgan fingerprint density at radius 1 is 1.06 bits per heavy atom. The summed E-state index contributed by atoms with van der Waals surface area (Å²) in [6.45, 7) is 6.09. The van der Waals surface area contributed by atoms with E-state index in [9.17, 15) is 4.79 Å². The van der Waals surface area contributed by atoms with Crippen LogP contribution in [-0.4, -0.2) is 56.5 Å². The number of piperidine rings is 1. The molecule has 31 heavy (non-hydrogen) atoms. The highest BCUT2D eigenvalue weighted by Crippen LogP contribution is 2.29. The summed E-state index contributed by atoms with van der Waals surface area (Å²) in [5.74, 6) is 3.06. The average Bonchev–Trinajstić information content (AvgIpc) is 3.21. The number of methoxy groups -OCH3 is 1. The van der Waals surface area contributed by atoms with Crippen LogP contribution in [0.15, 0.2) is 53.9 Å². The summed E-state index contributed by atoms with van der Waals surface area (Å²) in [7, 11) is 1.64. The van der Waals surface area contributed by atoms with E-state index in [1.807, 2.05) is 45.9 Å². The topological polar surface area (TPSA) is 73.1 Å². The molecule has 1 fully saturated rings. The van der Waals surface area contributed by atoms with Crippen LogP contribution in [0.25, 0.3) is 17.1 Å². The third kappa shape index (κ3) is 4.90. The molecule has 0 saturated carbocycles. The molecular formula is C23H27N5O2S. The molecule has 1 aromatic carbocycles. The predicted molar refractivity (Wildman–Crippen MR) is 121 cm³/mol. The lowest BCUT2D eigenvalue weighted by Gasteiger charge is -2.34. The number of benzene rings is 1. The molecular weight excluding hydrogens is 410 g/mol. The number of nitrogens with zero attached hydrogens (tertiary/aromatic N) is 5. The zero-order valence-corrected chi connectivity index (χ0v) is 18.9. The highest BCUT2D eigenvalue weighted by molar-refractivity contribution is 7.99. The molecule has 7 nitrogen and oxygen atoms in total. The number of aromatic nitrogens is 4. The molecule has 2 aromatic heterocycles. The van der Waals surface area contributed by atoms with Crippen molar-refractivity contribution < 1.29 is 9.53 Å². The van der Waals surface area contributed by atoms with E-state index >= 15 is 0 Å². The number of pyridine rings is 1. The molecule has 3 aromatic rings. The van der Waals surface area contributed by atoms with Crippen molar-refractivity contribution in [2.75, 3.05) is 26.0 Å². The molecule has 4 rings (SSSR count). The van der Waals surface area contributed by atoms with E-state index in [0.717, 1.165) is 30.1 Å². The number of carbonyl (C=O) groups excluding carboxylic acids is 1. The summed E-state index contributed by atoms with van der Waals surface area (Å²) in [5.41, 5.74) is 1.82. The van der Waals surface area contributed by atoms with Gasteiger partial charge in [0.2, 0.25) is 5.91 Å². The summed E-state index contributed by atoms with van der Waals surface area (Å²) < 4.78 is 7.27. The van der Waals surface area contributed by atoms with Gasteiger partial charge < -0.3 is 9.64 Å². The van der Waals surface area contributed by atoms with E-state index in [4.69, 9.17) is 4.74 Å². The summed E-state index contributed by atoms with van der Waals surface area (Å²) in [5, 5.41) is 9.52. The fraction of sp³-hybridized carbons (Fsp3) is 0.391. The minimum Gasteiger partial charge on any atom is -0.497 e. The van der Waals surface area contributed by atoms with Gasteiger partial charge in [-0.2, -0.15) is 0 Å². The van der Waals surface area contributed by atoms with E-state index in [-0.39, 0.29) is 5.91 Å². The van der Waals surface area contributed by atoms with Gasteiger partial charge in [-0.25, -0.2) is 0 Å². The van der Waals surface area contributed by atoms with E-state index in [0.29, 0.717) is 28.6 Å². The van der Waals surface area contributed by atoms with Gasteiger partial charge in [-0.15, -0.1) is 10.2 Å². The minimum atomic E-state index is 0.151. The number of thioether (sulfide) groups is 1. The predicted octanol–water partition coefficient (Wildman–Crippen LogP) is 3.93. The zero-order valence-electron chi connectivity index (χ0n) is 18.1. The Balaban J connectivity index is 1.60. The molecule has 0 bridgehead atoms. The third-order valence-corrected chi connectivity index (χ3v) is 6.36. The van der Waals surface area contributed by atoms with Gasteiger partial charge >= 0.3 is 0 Å². The van der Waals surface area contributed by atoms with Crippen LogP contribution in [0.1, 0.15) is 20.3 Å². The molecule has 1 aliphatic rings. The first-order valence-corrected chi connectivity index (χ1v) is 11.4. The Morgan fingerprint density at radius 2 is 1.74 bits per heavy atom. The molecule has 1 aliphatic heterocycles. The van der Waals surface area contributed by atoms with Crippen molar-refractivity contribution in [3.8, 4) is 22.8 Å². The number of carbonyl (C=O) groups is 1. The normalized spacial score (nSPS) is 18.7. The van der Waals surface area contributed by atoms with Crippen LogP contribution < -0.4 is 4.74 Å². The van der Waals surface area contributed by atoms with Gasteiger partial charge in [0.25, 0.3) is 0 Å². The first kappa shape index (κ1) is 21.4. The molecule has 8 heteroatoms. The van der Waals surface area contributed by atoms with Crippen molar-refractivity contribution in [2.24, 2.45) is 11.8 Å². The Labute approximate surface area is 186 Å². The van der Waals surface area contributed by atoms with Crippen LogP contribution in [0.4, 0.5) is 0 Å². The number of ether oxygens (including phenoxy) is 1.